The largest absolute Gasteiger partial charge is 0.467 e. The Bertz CT molecular complexity index is 1880. The van der Waals surface area contributed by atoms with E-state index >= 15 is 0 Å². The molecule has 1 aliphatic rings. The molecule has 1 unspecified atom stereocenters. The fourth-order valence-electron chi connectivity index (χ4n) is 4.81. The minimum atomic E-state index is -0.842. The monoisotopic (exact) mass is 660 g/mol. The van der Waals surface area contributed by atoms with Gasteiger partial charge in [0.2, 0.25) is 11.8 Å². The smallest absolute Gasteiger partial charge is 0.408 e. The van der Waals surface area contributed by atoms with Crippen LogP contribution in [0.4, 0.5) is 16.2 Å². The van der Waals surface area contributed by atoms with Crippen LogP contribution in [0.5, 0.6) is 11.5 Å². The molecule has 242 valence electrons. The number of alkyl carbamates (subject to hydrolysis) is 1. The number of hydrogen-bond donors (Lipinski definition) is 2. The van der Waals surface area contributed by atoms with Gasteiger partial charge in [-0.2, -0.15) is 0 Å². The van der Waals surface area contributed by atoms with Gasteiger partial charge in [-0.05, 0) is 66.6 Å². The van der Waals surface area contributed by atoms with Crippen molar-refractivity contribution in [3.8, 4) is 11.5 Å². The second-order valence-corrected chi connectivity index (χ2v) is 11.9. The molecule has 3 amide bonds. The fraction of sp³-hybridized carbons (Fsp3) is 0.135. The summed E-state index contributed by atoms with van der Waals surface area (Å²) >= 11 is 1.34. The molecule has 2 heterocycles. The van der Waals surface area contributed by atoms with Gasteiger partial charge < -0.3 is 24.5 Å². The lowest BCUT2D eigenvalue weighted by atomic mass is 10.1. The second kappa shape index (κ2) is 15.2. The highest BCUT2D eigenvalue weighted by Crippen LogP contribution is 2.42. The molecule has 0 radical (unpaired) electrons. The number of ether oxygens (including phenoxy) is 2. The van der Waals surface area contributed by atoms with E-state index in [9.17, 15) is 14.4 Å². The summed E-state index contributed by atoms with van der Waals surface area (Å²) in [6.07, 6.45) is 0.874. The Kier molecular flexibility index (Phi) is 10.2. The Morgan fingerprint density at radius 2 is 1.62 bits per heavy atom. The first-order valence-electron chi connectivity index (χ1n) is 15.2. The predicted molar refractivity (Wildman–Crippen MR) is 184 cm³/mol. The lowest BCUT2D eigenvalue weighted by Gasteiger charge is -2.16. The van der Waals surface area contributed by atoms with E-state index in [1.54, 1.807) is 48.4 Å². The SMILES string of the molecule is C[C@H](NC(=O)OCc1ccccc1)C(=O)Nc1ccc(C2S/C(=N\c3cccc(Oc4ccccc4)c3)N(Cc3ccco3)C2=O)cc1. The molecule has 48 heavy (non-hydrogen) atoms. The van der Waals surface area contributed by atoms with Crippen molar-refractivity contribution >= 4 is 46.2 Å². The molecule has 10 nitrogen and oxygen atoms in total. The molecule has 1 aromatic heterocycles. The number of anilines is 1. The number of aliphatic imine (C=N–C) groups is 1. The zero-order chi connectivity index (χ0) is 33.3. The van der Waals surface area contributed by atoms with Crippen molar-refractivity contribution in [2.75, 3.05) is 5.32 Å². The van der Waals surface area contributed by atoms with Gasteiger partial charge in [-0.1, -0.05) is 78.5 Å². The van der Waals surface area contributed by atoms with Gasteiger partial charge in [-0.3, -0.25) is 14.5 Å². The van der Waals surface area contributed by atoms with Crippen molar-refractivity contribution in [1.29, 1.82) is 0 Å². The third kappa shape index (κ3) is 8.31. The quantitative estimate of drug-likeness (QED) is 0.148. The Morgan fingerprint density at radius 3 is 2.35 bits per heavy atom. The molecule has 1 saturated heterocycles. The van der Waals surface area contributed by atoms with Crippen molar-refractivity contribution < 1.29 is 28.3 Å². The normalized spacial score (nSPS) is 15.6. The first-order valence-corrected chi connectivity index (χ1v) is 16.1. The average molecular weight is 661 g/mol. The van der Waals surface area contributed by atoms with E-state index in [1.807, 2.05) is 91.0 Å². The number of carbonyl (C=O) groups is 3. The Labute approximate surface area is 281 Å². The number of benzene rings is 4. The molecular weight excluding hydrogens is 628 g/mol. The Hall–Kier alpha value is -5.81. The summed E-state index contributed by atoms with van der Waals surface area (Å²) < 4.78 is 16.7. The number of carbonyl (C=O) groups excluding carboxylic acids is 3. The van der Waals surface area contributed by atoms with Crippen LogP contribution in [0.2, 0.25) is 0 Å². The number of thioether (sulfide) groups is 1. The molecule has 0 spiro atoms. The van der Waals surface area contributed by atoms with Crippen LogP contribution in [0, 0.1) is 0 Å². The highest BCUT2D eigenvalue weighted by Gasteiger charge is 2.39. The van der Waals surface area contributed by atoms with Gasteiger partial charge in [0.1, 0.15) is 35.2 Å². The first-order chi connectivity index (χ1) is 23.4. The molecule has 1 fully saturated rings. The van der Waals surface area contributed by atoms with E-state index in [1.165, 1.54) is 11.8 Å². The molecule has 0 saturated carbocycles. The summed E-state index contributed by atoms with van der Waals surface area (Å²) in [5, 5.41) is 5.29. The van der Waals surface area contributed by atoms with E-state index in [0.717, 1.165) is 11.1 Å². The Morgan fingerprint density at radius 1 is 0.896 bits per heavy atom. The molecule has 2 atom stereocenters. The van der Waals surface area contributed by atoms with Crippen molar-refractivity contribution in [2.24, 2.45) is 4.99 Å². The van der Waals surface area contributed by atoms with Crippen LogP contribution in [0.3, 0.4) is 0 Å². The van der Waals surface area contributed by atoms with Crippen molar-refractivity contribution in [3.05, 3.63) is 144 Å². The van der Waals surface area contributed by atoms with Crippen molar-refractivity contribution in [2.45, 2.75) is 31.4 Å². The van der Waals surface area contributed by atoms with Crippen molar-refractivity contribution in [3.63, 3.8) is 0 Å². The maximum atomic E-state index is 13.8. The number of amides is 3. The van der Waals surface area contributed by atoms with Gasteiger partial charge in [0, 0.05) is 11.8 Å². The van der Waals surface area contributed by atoms with Gasteiger partial charge in [0.05, 0.1) is 18.5 Å². The number of hydrogen-bond acceptors (Lipinski definition) is 8. The zero-order valence-corrected chi connectivity index (χ0v) is 26.8. The van der Waals surface area contributed by atoms with Crippen LogP contribution in [-0.4, -0.2) is 34.0 Å². The summed E-state index contributed by atoms with van der Waals surface area (Å²) in [5.74, 6) is 1.40. The van der Waals surface area contributed by atoms with Gasteiger partial charge >= 0.3 is 6.09 Å². The fourth-order valence-corrected chi connectivity index (χ4v) is 5.98. The van der Waals surface area contributed by atoms with Crippen LogP contribution in [-0.2, 0) is 27.5 Å². The maximum Gasteiger partial charge on any atom is 0.408 e. The molecule has 1 aliphatic heterocycles. The van der Waals surface area contributed by atoms with Gasteiger partial charge in [0.25, 0.3) is 0 Å². The van der Waals surface area contributed by atoms with Crippen LogP contribution in [0.1, 0.15) is 29.1 Å². The maximum absolute atomic E-state index is 13.8. The number of nitrogens with zero attached hydrogens (tertiary/aromatic N) is 2. The van der Waals surface area contributed by atoms with Crippen molar-refractivity contribution in [1.82, 2.24) is 10.2 Å². The molecule has 11 heteroatoms. The van der Waals surface area contributed by atoms with E-state index in [4.69, 9.17) is 18.9 Å². The molecule has 0 aliphatic carbocycles. The second-order valence-electron chi connectivity index (χ2n) is 10.8. The van der Waals surface area contributed by atoms with E-state index in [0.29, 0.717) is 33.8 Å². The lowest BCUT2D eigenvalue weighted by molar-refractivity contribution is -0.126. The summed E-state index contributed by atoms with van der Waals surface area (Å²) in [6, 6.07) is 35.9. The van der Waals surface area contributed by atoms with Crippen LogP contribution in [0.25, 0.3) is 0 Å². The van der Waals surface area contributed by atoms with Crippen LogP contribution in [0.15, 0.2) is 137 Å². The number of nitrogens with one attached hydrogen (secondary N) is 2. The highest BCUT2D eigenvalue weighted by atomic mass is 32.2. The summed E-state index contributed by atoms with van der Waals surface area (Å²) in [7, 11) is 0. The van der Waals surface area contributed by atoms with Gasteiger partial charge in [0.15, 0.2) is 5.17 Å². The van der Waals surface area contributed by atoms with Crippen LogP contribution < -0.4 is 15.4 Å². The summed E-state index contributed by atoms with van der Waals surface area (Å²) in [5.41, 5.74) is 2.74. The highest BCUT2D eigenvalue weighted by molar-refractivity contribution is 8.15. The molecule has 4 aromatic carbocycles. The zero-order valence-electron chi connectivity index (χ0n) is 25.9. The topological polar surface area (TPSA) is 122 Å². The molecular formula is C37H32N4O6S. The molecule has 0 bridgehead atoms. The molecule has 2 N–H and O–H groups in total. The summed E-state index contributed by atoms with van der Waals surface area (Å²) in [4.78, 5) is 45.2. The average Bonchev–Trinajstić information content (AvgIpc) is 3.73. The van der Waals surface area contributed by atoms with E-state index < -0.39 is 23.3 Å². The number of amidine groups is 1. The van der Waals surface area contributed by atoms with Crippen LogP contribution >= 0.6 is 11.8 Å². The summed E-state index contributed by atoms with van der Waals surface area (Å²) in [6.45, 7) is 1.89. The first kappa shape index (κ1) is 32.1. The number of furan rings is 1. The molecule has 5 aromatic rings. The third-order valence-corrected chi connectivity index (χ3v) is 8.51. The number of rotatable bonds is 11. The minimum Gasteiger partial charge on any atom is -0.467 e. The third-order valence-electron chi connectivity index (χ3n) is 7.28. The van der Waals surface area contributed by atoms with Gasteiger partial charge in [-0.25, -0.2) is 9.79 Å². The number of para-hydroxylation sites is 1. The minimum absolute atomic E-state index is 0.0980. The van der Waals surface area contributed by atoms with E-state index in [2.05, 4.69) is 10.6 Å². The van der Waals surface area contributed by atoms with Gasteiger partial charge in [-0.15, -0.1) is 0 Å². The predicted octanol–water partition coefficient (Wildman–Crippen LogP) is 7.83. The Balaban J connectivity index is 1.12. The van der Waals surface area contributed by atoms with E-state index in [-0.39, 0.29) is 19.1 Å². The standard InChI is InChI=1S/C37H32N4O6S/c1-25(38-37(44)46-24-26-10-4-2-5-11-26)34(42)39-28-19-17-27(18-20-28)33-35(43)41(23-32-16-9-21-45-32)36(48-33)40-29-12-8-15-31(22-29)47-30-13-6-3-7-14-30/h2-22,25,33H,23-24H2,1H3,(H,38,44)(H,39,42)/b40-36-/t25-,33?/m0/s1. The lowest BCUT2D eigenvalue weighted by Crippen LogP contribution is -2.41. The molecule has 6 rings (SSSR count).